The molecule has 0 amide bonds. The SMILES string of the molecule is CCCCn1ncc(NCCc2ccccn2)c(Cl)c1=O. The van der Waals surface area contributed by atoms with Gasteiger partial charge in [-0.3, -0.25) is 9.78 Å². The van der Waals surface area contributed by atoms with Gasteiger partial charge in [-0.15, -0.1) is 0 Å². The third-order valence-electron chi connectivity index (χ3n) is 3.13. The van der Waals surface area contributed by atoms with Crippen LogP contribution in [0.4, 0.5) is 5.69 Å². The lowest BCUT2D eigenvalue weighted by Gasteiger charge is -2.09. The molecule has 0 spiro atoms. The van der Waals surface area contributed by atoms with Gasteiger partial charge in [-0.25, -0.2) is 4.68 Å². The quantitative estimate of drug-likeness (QED) is 0.854. The first-order chi connectivity index (χ1) is 10.2. The fourth-order valence-corrected chi connectivity index (χ4v) is 2.14. The van der Waals surface area contributed by atoms with Crippen molar-refractivity contribution >= 4 is 17.3 Å². The first-order valence-corrected chi connectivity index (χ1v) is 7.49. The molecule has 0 fully saturated rings. The van der Waals surface area contributed by atoms with E-state index in [1.165, 1.54) is 4.68 Å². The van der Waals surface area contributed by atoms with Crippen LogP contribution in [0, 0.1) is 0 Å². The lowest BCUT2D eigenvalue weighted by Crippen LogP contribution is -2.24. The van der Waals surface area contributed by atoms with Gasteiger partial charge < -0.3 is 5.32 Å². The summed E-state index contributed by atoms with van der Waals surface area (Å²) >= 11 is 6.11. The Labute approximate surface area is 129 Å². The van der Waals surface area contributed by atoms with E-state index in [0.717, 1.165) is 25.0 Å². The normalized spacial score (nSPS) is 10.6. The molecular formula is C15H19ClN4O. The highest BCUT2D eigenvalue weighted by Gasteiger charge is 2.08. The number of nitrogens with one attached hydrogen (secondary N) is 1. The summed E-state index contributed by atoms with van der Waals surface area (Å²) < 4.78 is 1.41. The number of pyridine rings is 1. The zero-order valence-electron chi connectivity index (χ0n) is 12.1. The van der Waals surface area contributed by atoms with Crippen LogP contribution in [0.5, 0.6) is 0 Å². The number of aryl methyl sites for hydroxylation is 1. The van der Waals surface area contributed by atoms with E-state index in [1.54, 1.807) is 12.4 Å². The highest BCUT2D eigenvalue weighted by molar-refractivity contribution is 6.32. The number of hydrogen-bond acceptors (Lipinski definition) is 4. The minimum atomic E-state index is -0.243. The number of rotatable bonds is 7. The molecule has 1 N–H and O–H groups in total. The van der Waals surface area contributed by atoms with Gasteiger partial charge in [0, 0.05) is 31.4 Å². The smallest absolute Gasteiger partial charge is 0.287 e. The molecule has 0 aliphatic heterocycles. The number of unbranched alkanes of at least 4 members (excludes halogenated alkanes) is 1. The third kappa shape index (κ3) is 4.29. The molecule has 2 aromatic rings. The number of nitrogens with zero attached hydrogens (tertiary/aromatic N) is 3. The number of hydrogen-bond donors (Lipinski definition) is 1. The van der Waals surface area contributed by atoms with Gasteiger partial charge >= 0.3 is 0 Å². The summed E-state index contributed by atoms with van der Waals surface area (Å²) in [6, 6.07) is 5.80. The number of anilines is 1. The second-order valence-corrected chi connectivity index (χ2v) is 5.13. The molecule has 2 heterocycles. The van der Waals surface area contributed by atoms with Crippen LogP contribution in [-0.4, -0.2) is 21.3 Å². The summed E-state index contributed by atoms with van der Waals surface area (Å²) in [5.74, 6) is 0. The average molecular weight is 307 g/mol. The molecule has 0 bridgehead atoms. The molecule has 21 heavy (non-hydrogen) atoms. The van der Waals surface area contributed by atoms with Crippen molar-refractivity contribution in [2.24, 2.45) is 0 Å². The van der Waals surface area contributed by atoms with Crippen LogP contribution in [0.15, 0.2) is 35.4 Å². The van der Waals surface area contributed by atoms with Crippen LogP contribution < -0.4 is 10.9 Å². The minimum Gasteiger partial charge on any atom is -0.382 e. The van der Waals surface area contributed by atoms with Crippen molar-refractivity contribution in [2.45, 2.75) is 32.7 Å². The monoisotopic (exact) mass is 306 g/mol. The van der Waals surface area contributed by atoms with E-state index in [0.29, 0.717) is 18.8 Å². The van der Waals surface area contributed by atoms with Gasteiger partial charge in [0.1, 0.15) is 5.02 Å². The first kappa shape index (κ1) is 15.5. The standard InChI is InChI=1S/C15H19ClN4O/c1-2-3-10-20-15(21)14(16)13(11-19-20)18-9-7-12-6-4-5-8-17-12/h4-6,8,11,18H,2-3,7,9-10H2,1H3. The van der Waals surface area contributed by atoms with Crippen molar-refractivity contribution in [3.63, 3.8) is 0 Å². The molecule has 0 aliphatic rings. The summed E-state index contributed by atoms with van der Waals surface area (Å²) in [5.41, 5.74) is 1.32. The maximum atomic E-state index is 12.0. The molecule has 0 atom stereocenters. The Kier molecular flexibility index (Phi) is 5.75. The zero-order chi connectivity index (χ0) is 15.1. The van der Waals surface area contributed by atoms with E-state index in [9.17, 15) is 4.79 Å². The van der Waals surface area contributed by atoms with E-state index in [2.05, 4.69) is 22.3 Å². The molecule has 0 aliphatic carbocycles. The van der Waals surface area contributed by atoms with Gasteiger partial charge in [0.05, 0.1) is 11.9 Å². The molecule has 0 unspecified atom stereocenters. The molecule has 5 nitrogen and oxygen atoms in total. The van der Waals surface area contributed by atoms with E-state index in [4.69, 9.17) is 11.6 Å². The lowest BCUT2D eigenvalue weighted by molar-refractivity contribution is 0.543. The predicted octanol–water partition coefficient (Wildman–Crippen LogP) is 2.75. The van der Waals surface area contributed by atoms with E-state index in [-0.39, 0.29) is 10.6 Å². The van der Waals surface area contributed by atoms with Gasteiger partial charge in [-0.2, -0.15) is 5.10 Å². The molecular weight excluding hydrogens is 288 g/mol. The second-order valence-electron chi connectivity index (χ2n) is 4.75. The Hall–Kier alpha value is -1.88. The van der Waals surface area contributed by atoms with Crippen LogP contribution in [0.25, 0.3) is 0 Å². The van der Waals surface area contributed by atoms with Gasteiger partial charge in [-0.1, -0.05) is 31.0 Å². The van der Waals surface area contributed by atoms with Crippen molar-refractivity contribution in [3.05, 3.63) is 51.7 Å². The molecule has 0 aromatic carbocycles. The molecule has 0 saturated carbocycles. The van der Waals surface area contributed by atoms with Gasteiger partial charge in [0.15, 0.2) is 0 Å². The van der Waals surface area contributed by atoms with Crippen LogP contribution in [0.2, 0.25) is 5.02 Å². The molecule has 6 heteroatoms. The van der Waals surface area contributed by atoms with E-state index in [1.807, 2.05) is 18.2 Å². The summed E-state index contributed by atoms with van der Waals surface area (Å²) in [4.78, 5) is 16.3. The van der Waals surface area contributed by atoms with E-state index < -0.39 is 0 Å². The highest BCUT2D eigenvalue weighted by atomic mass is 35.5. The summed E-state index contributed by atoms with van der Waals surface area (Å²) in [7, 11) is 0. The third-order valence-corrected chi connectivity index (χ3v) is 3.50. The summed E-state index contributed by atoms with van der Waals surface area (Å²) in [6.07, 6.45) is 6.05. The Morgan fingerprint density at radius 3 is 2.95 bits per heavy atom. The highest BCUT2D eigenvalue weighted by Crippen LogP contribution is 2.15. The molecule has 0 saturated heterocycles. The van der Waals surface area contributed by atoms with Crippen molar-refractivity contribution in [2.75, 3.05) is 11.9 Å². The largest absolute Gasteiger partial charge is 0.382 e. The fraction of sp³-hybridized carbons (Fsp3) is 0.400. The van der Waals surface area contributed by atoms with Gasteiger partial charge in [0.25, 0.3) is 5.56 Å². The predicted molar refractivity (Wildman–Crippen MR) is 84.8 cm³/mol. The molecule has 112 valence electrons. The number of aromatic nitrogens is 3. The van der Waals surface area contributed by atoms with Crippen LogP contribution in [-0.2, 0) is 13.0 Å². The lowest BCUT2D eigenvalue weighted by atomic mass is 10.2. The maximum absolute atomic E-state index is 12.0. The Morgan fingerprint density at radius 2 is 2.24 bits per heavy atom. The second kappa shape index (κ2) is 7.78. The van der Waals surface area contributed by atoms with Gasteiger partial charge in [-0.05, 0) is 18.6 Å². The van der Waals surface area contributed by atoms with Crippen molar-refractivity contribution in [1.29, 1.82) is 0 Å². The first-order valence-electron chi connectivity index (χ1n) is 7.11. The van der Waals surface area contributed by atoms with E-state index >= 15 is 0 Å². The van der Waals surface area contributed by atoms with Crippen LogP contribution >= 0.6 is 11.6 Å². The minimum absolute atomic E-state index is 0.196. The van der Waals surface area contributed by atoms with Gasteiger partial charge in [0.2, 0.25) is 0 Å². The van der Waals surface area contributed by atoms with Crippen molar-refractivity contribution in [3.8, 4) is 0 Å². The number of halogens is 1. The molecule has 2 rings (SSSR count). The molecule has 2 aromatic heterocycles. The maximum Gasteiger partial charge on any atom is 0.287 e. The summed E-state index contributed by atoms with van der Waals surface area (Å²) in [5, 5.41) is 7.48. The average Bonchev–Trinajstić information content (AvgIpc) is 2.52. The Balaban J connectivity index is 1.97. The zero-order valence-corrected chi connectivity index (χ0v) is 12.8. The Morgan fingerprint density at radius 1 is 1.38 bits per heavy atom. The fourth-order valence-electron chi connectivity index (χ4n) is 1.93. The summed E-state index contributed by atoms with van der Waals surface area (Å²) in [6.45, 7) is 3.32. The van der Waals surface area contributed by atoms with Crippen molar-refractivity contribution in [1.82, 2.24) is 14.8 Å². The van der Waals surface area contributed by atoms with Crippen molar-refractivity contribution < 1.29 is 0 Å². The Bertz CT molecular complexity index is 627. The van der Waals surface area contributed by atoms with Crippen LogP contribution in [0.1, 0.15) is 25.5 Å². The van der Waals surface area contributed by atoms with Crippen LogP contribution in [0.3, 0.4) is 0 Å². The molecule has 0 radical (unpaired) electrons. The topological polar surface area (TPSA) is 59.8 Å².